The van der Waals surface area contributed by atoms with Crippen molar-refractivity contribution in [3.63, 3.8) is 0 Å². The first kappa shape index (κ1) is 16.0. The van der Waals surface area contributed by atoms with Crippen molar-refractivity contribution >= 4 is 5.91 Å². The Morgan fingerprint density at radius 1 is 1.27 bits per heavy atom. The molecule has 26 heavy (non-hydrogen) atoms. The van der Waals surface area contributed by atoms with Crippen molar-refractivity contribution in [1.29, 1.82) is 0 Å². The van der Waals surface area contributed by atoms with E-state index in [1.807, 2.05) is 31.2 Å². The lowest BCUT2D eigenvalue weighted by atomic mass is 9.76. The molecule has 1 N–H and O–H groups in total. The molecule has 5 rings (SSSR count). The van der Waals surface area contributed by atoms with Gasteiger partial charge < -0.3 is 4.90 Å². The summed E-state index contributed by atoms with van der Waals surface area (Å²) >= 11 is 0. The second kappa shape index (κ2) is 5.93. The quantitative estimate of drug-likeness (QED) is 0.916. The fraction of sp³-hybridized carbons (Fsp3) is 0.571. The Balaban J connectivity index is 1.43. The van der Waals surface area contributed by atoms with Crippen LogP contribution in [0.3, 0.4) is 0 Å². The highest BCUT2D eigenvalue weighted by molar-refractivity contribution is 5.94. The smallest absolute Gasteiger partial charge is 0.253 e. The van der Waals surface area contributed by atoms with Crippen LogP contribution in [-0.4, -0.2) is 39.1 Å². The number of hydrogen-bond donors (Lipinski definition) is 1. The van der Waals surface area contributed by atoms with Gasteiger partial charge in [-0.3, -0.25) is 9.89 Å². The van der Waals surface area contributed by atoms with Crippen molar-refractivity contribution in [3.05, 3.63) is 47.0 Å². The molecule has 1 atom stereocenters. The Kier molecular flexibility index (Phi) is 3.66. The number of nitrogens with one attached hydrogen (secondary N) is 1. The summed E-state index contributed by atoms with van der Waals surface area (Å²) in [6.45, 7) is 3.64. The summed E-state index contributed by atoms with van der Waals surface area (Å²) in [6, 6.07) is 7.94. The second-order valence-corrected chi connectivity index (χ2v) is 8.53. The molecule has 5 nitrogen and oxygen atoms in total. The van der Waals surface area contributed by atoms with E-state index in [0.29, 0.717) is 11.8 Å². The number of carbonyl (C=O) groups is 1. The van der Waals surface area contributed by atoms with E-state index in [0.717, 1.165) is 35.9 Å². The zero-order chi connectivity index (χ0) is 17.7. The van der Waals surface area contributed by atoms with Crippen molar-refractivity contribution in [2.75, 3.05) is 13.1 Å². The molecule has 5 heteroatoms. The lowest BCUT2D eigenvalue weighted by Crippen LogP contribution is -2.31. The number of likely N-dealkylation sites (tertiary alicyclic amines) is 1. The van der Waals surface area contributed by atoms with Gasteiger partial charge in [-0.05, 0) is 50.2 Å². The Morgan fingerprint density at radius 2 is 2.08 bits per heavy atom. The van der Waals surface area contributed by atoms with Crippen molar-refractivity contribution < 1.29 is 4.79 Å². The van der Waals surface area contributed by atoms with E-state index in [2.05, 4.69) is 15.1 Å². The predicted molar refractivity (Wildman–Crippen MR) is 99.1 cm³/mol. The number of carbonyl (C=O) groups excluding carboxylic acids is 1. The maximum Gasteiger partial charge on any atom is 0.253 e. The van der Waals surface area contributed by atoms with Gasteiger partial charge >= 0.3 is 0 Å². The predicted octanol–water partition coefficient (Wildman–Crippen LogP) is 3.79. The lowest BCUT2D eigenvalue weighted by molar-refractivity contribution is 0.0773. The maximum atomic E-state index is 13.1. The molecule has 3 aliphatic rings. The zero-order valence-corrected chi connectivity index (χ0v) is 15.4. The van der Waals surface area contributed by atoms with Gasteiger partial charge in [0.15, 0.2) is 5.82 Å². The molecule has 2 saturated carbocycles. The van der Waals surface area contributed by atoms with Gasteiger partial charge in [0, 0.05) is 30.5 Å². The summed E-state index contributed by atoms with van der Waals surface area (Å²) < 4.78 is 0. The number of benzene rings is 1. The average molecular weight is 350 g/mol. The van der Waals surface area contributed by atoms with Gasteiger partial charge in [0.25, 0.3) is 5.91 Å². The third-order valence-electron chi connectivity index (χ3n) is 6.59. The number of aromatic nitrogens is 3. The van der Waals surface area contributed by atoms with E-state index < -0.39 is 0 Å². The van der Waals surface area contributed by atoms with Crippen LogP contribution >= 0.6 is 0 Å². The minimum atomic E-state index is 0.157. The highest BCUT2D eigenvalue weighted by Gasteiger charge is 2.51. The number of aromatic amines is 1. The Bertz CT molecular complexity index is 832. The number of rotatable bonds is 3. The Hall–Kier alpha value is -2.17. The molecule has 1 aliphatic heterocycles. The van der Waals surface area contributed by atoms with E-state index >= 15 is 0 Å². The lowest BCUT2D eigenvalue weighted by Gasteiger charge is -2.28. The minimum Gasteiger partial charge on any atom is -0.337 e. The SMILES string of the molecule is Cc1cccc(C(=O)N2CC(c3nc(C4CC4)n[nH]3)C3(CCCC3)C2)c1. The summed E-state index contributed by atoms with van der Waals surface area (Å²) in [5.74, 6) is 3.00. The van der Waals surface area contributed by atoms with Crippen molar-refractivity contribution in [2.24, 2.45) is 5.41 Å². The molecule has 1 spiro atoms. The fourth-order valence-corrected chi connectivity index (χ4v) is 5.01. The summed E-state index contributed by atoms with van der Waals surface area (Å²) in [4.78, 5) is 20.0. The molecule has 136 valence electrons. The highest BCUT2D eigenvalue weighted by Crippen LogP contribution is 2.53. The van der Waals surface area contributed by atoms with Crippen LogP contribution < -0.4 is 0 Å². The second-order valence-electron chi connectivity index (χ2n) is 8.53. The van der Waals surface area contributed by atoms with Gasteiger partial charge in [0.2, 0.25) is 0 Å². The van der Waals surface area contributed by atoms with Gasteiger partial charge in [-0.15, -0.1) is 0 Å². The maximum absolute atomic E-state index is 13.1. The summed E-state index contributed by atoms with van der Waals surface area (Å²) in [5, 5.41) is 7.71. The normalized spacial score (nSPS) is 24.5. The molecule has 2 aromatic rings. The van der Waals surface area contributed by atoms with Crippen molar-refractivity contribution in [3.8, 4) is 0 Å². The van der Waals surface area contributed by atoms with Crippen LogP contribution in [0.2, 0.25) is 0 Å². The molecular formula is C21H26N4O. The number of H-pyrrole nitrogens is 1. The van der Waals surface area contributed by atoms with E-state index in [1.165, 1.54) is 38.5 Å². The molecule has 1 amide bonds. The van der Waals surface area contributed by atoms with Crippen LogP contribution in [0.4, 0.5) is 0 Å². The average Bonchev–Trinajstić information content (AvgIpc) is 3.08. The first-order valence-electron chi connectivity index (χ1n) is 9.93. The van der Waals surface area contributed by atoms with E-state index in [-0.39, 0.29) is 11.3 Å². The number of nitrogens with zero attached hydrogens (tertiary/aromatic N) is 3. The third kappa shape index (κ3) is 2.65. The van der Waals surface area contributed by atoms with Crippen LogP contribution in [0.25, 0.3) is 0 Å². The topological polar surface area (TPSA) is 61.9 Å². The summed E-state index contributed by atoms with van der Waals surface area (Å²) in [7, 11) is 0. The first-order valence-corrected chi connectivity index (χ1v) is 9.93. The van der Waals surface area contributed by atoms with Crippen molar-refractivity contribution in [1.82, 2.24) is 20.1 Å². The van der Waals surface area contributed by atoms with Gasteiger partial charge in [-0.1, -0.05) is 30.5 Å². The van der Waals surface area contributed by atoms with Crippen LogP contribution in [0.5, 0.6) is 0 Å². The third-order valence-corrected chi connectivity index (χ3v) is 6.59. The van der Waals surface area contributed by atoms with Gasteiger partial charge in [0.1, 0.15) is 5.82 Å². The molecule has 1 aromatic carbocycles. The zero-order valence-electron chi connectivity index (χ0n) is 15.4. The molecule has 1 aromatic heterocycles. The van der Waals surface area contributed by atoms with Gasteiger partial charge in [-0.25, -0.2) is 4.98 Å². The van der Waals surface area contributed by atoms with Crippen LogP contribution in [0.1, 0.15) is 77.9 Å². The summed E-state index contributed by atoms with van der Waals surface area (Å²) in [5.41, 5.74) is 2.11. The van der Waals surface area contributed by atoms with Crippen LogP contribution in [0.15, 0.2) is 24.3 Å². The summed E-state index contributed by atoms with van der Waals surface area (Å²) in [6.07, 6.45) is 7.32. The Labute approximate surface area is 154 Å². The monoisotopic (exact) mass is 350 g/mol. The number of amides is 1. The molecule has 2 aliphatic carbocycles. The fourth-order valence-electron chi connectivity index (χ4n) is 5.01. The van der Waals surface area contributed by atoms with Gasteiger partial charge in [0.05, 0.1) is 0 Å². The van der Waals surface area contributed by atoms with E-state index in [9.17, 15) is 4.79 Å². The molecule has 2 heterocycles. The molecule has 0 bridgehead atoms. The highest BCUT2D eigenvalue weighted by atomic mass is 16.2. The standard InChI is InChI=1S/C21H26N4O/c1-14-5-4-6-16(11-14)20(26)25-12-17(21(13-25)9-2-3-10-21)19-22-18(23-24-19)15-7-8-15/h4-6,11,15,17H,2-3,7-10,12-13H2,1H3,(H,22,23,24). The van der Waals surface area contributed by atoms with Crippen molar-refractivity contribution in [2.45, 2.75) is 57.3 Å². The molecular weight excluding hydrogens is 324 g/mol. The van der Waals surface area contributed by atoms with Gasteiger partial charge in [-0.2, -0.15) is 5.10 Å². The van der Waals surface area contributed by atoms with E-state index in [4.69, 9.17) is 4.98 Å². The number of aryl methyl sites for hydroxylation is 1. The molecule has 1 saturated heterocycles. The number of hydrogen-bond acceptors (Lipinski definition) is 3. The largest absolute Gasteiger partial charge is 0.337 e. The molecule has 0 radical (unpaired) electrons. The Morgan fingerprint density at radius 3 is 2.81 bits per heavy atom. The first-order chi connectivity index (χ1) is 12.6. The molecule has 1 unspecified atom stereocenters. The molecule has 3 fully saturated rings. The minimum absolute atomic E-state index is 0.157. The van der Waals surface area contributed by atoms with Crippen LogP contribution in [0, 0.1) is 12.3 Å². The van der Waals surface area contributed by atoms with E-state index in [1.54, 1.807) is 0 Å². The van der Waals surface area contributed by atoms with Crippen LogP contribution in [-0.2, 0) is 0 Å².